The van der Waals surface area contributed by atoms with Gasteiger partial charge in [0.05, 0.1) is 11.7 Å². The third kappa shape index (κ3) is 4.08. The zero-order valence-electron chi connectivity index (χ0n) is 10.7. The van der Waals surface area contributed by atoms with Crippen LogP contribution in [0.4, 0.5) is 0 Å². The summed E-state index contributed by atoms with van der Waals surface area (Å²) in [7, 11) is 0. The van der Waals surface area contributed by atoms with Gasteiger partial charge < -0.3 is 10.4 Å². The van der Waals surface area contributed by atoms with E-state index in [1.165, 1.54) is 12.3 Å². The van der Waals surface area contributed by atoms with Crippen molar-refractivity contribution in [3.8, 4) is 0 Å². The molecule has 7 heteroatoms. The van der Waals surface area contributed by atoms with Crippen LogP contribution in [0.1, 0.15) is 22.0 Å². The number of aromatic nitrogens is 1. The monoisotopic (exact) mass is 344 g/mol. The number of hydrogen-bond donors (Lipinski definition) is 2. The second-order valence-electron chi connectivity index (χ2n) is 4.23. The molecule has 0 saturated carbocycles. The average Bonchev–Trinajstić information content (AvgIpc) is 2.45. The molecule has 0 spiro atoms. The molecule has 0 aliphatic heterocycles. The van der Waals surface area contributed by atoms with E-state index >= 15 is 0 Å². The highest BCUT2D eigenvalue weighted by atomic mass is 35.5. The van der Waals surface area contributed by atoms with E-state index in [9.17, 15) is 9.90 Å². The maximum absolute atomic E-state index is 11.9. The van der Waals surface area contributed by atoms with E-state index < -0.39 is 12.0 Å². The molecule has 2 aromatic rings. The summed E-state index contributed by atoms with van der Waals surface area (Å²) in [6, 6.07) is 7.91. The van der Waals surface area contributed by atoms with E-state index in [1.54, 1.807) is 24.3 Å². The molecule has 0 radical (unpaired) electrons. The van der Waals surface area contributed by atoms with Crippen molar-refractivity contribution in [2.45, 2.75) is 6.10 Å². The number of pyridine rings is 1. The summed E-state index contributed by atoms with van der Waals surface area (Å²) in [5.74, 6) is -0.419. The van der Waals surface area contributed by atoms with Crippen LogP contribution < -0.4 is 5.32 Å². The lowest BCUT2D eigenvalue weighted by atomic mass is 10.1. The average molecular weight is 346 g/mol. The normalized spacial score (nSPS) is 12.0. The quantitative estimate of drug-likeness (QED) is 0.834. The lowest BCUT2D eigenvalue weighted by Crippen LogP contribution is -2.28. The predicted octanol–water partition coefficient (Wildman–Crippen LogP) is 3.51. The summed E-state index contributed by atoms with van der Waals surface area (Å²) in [6.07, 6.45) is 0.538. The lowest BCUT2D eigenvalue weighted by molar-refractivity contribution is 0.0916. The fraction of sp³-hybridized carbons (Fsp3) is 0.143. The summed E-state index contributed by atoms with van der Waals surface area (Å²) >= 11 is 17.6. The molecule has 2 N–H and O–H groups in total. The van der Waals surface area contributed by atoms with Crippen LogP contribution in [0, 0.1) is 0 Å². The van der Waals surface area contributed by atoms with Crippen LogP contribution in [-0.4, -0.2) is 22.5 Å². The van der Waals surface area contributed by atoms with Crippen LogP contribution in [-0.2, 0) is 0 Å². The molecule has 110 valence electrons. The molecule has 4 nitrogen and oxygen atoms in total. The van der Waals surface area contributed by atoms with Crippen molar-refractivity contribution in [2.24, 2.45) is 0 Å². The number of nitrogens with zero attached hydrogens (tertiary/aromatic N) is 1. The van der Waals surface area contributed by atoms with E-state index in [2.05, 4.69) is 10.3 Å². The molecule has 1 aromatic carbocycles. The molecule has 1 unspecified atom stereocenters. The number of amides is 1. The van der Waals surface area contributed by atoms with Gasteiger partial charge in [-0.1, -0.05) is 40.9 Å². The minimum atomic E-state index is -0.950. The molecule has 21 heavy (non-hydrogen) atoms. The Labute approximate surface area is 136 Å². The number of carbonyl (C=O) groups is 1. The molecule has 0 bridgehead atoms. The smallest absolute Gasteiger partial charge is 0.254 e. The first-order valence-electron chi connectivity index (χ1n) is 6.00. The zero-order chi connectivity index (χ0) is 15.4. The topological polar surface area (TPSA) is 62.2 Å². The largest absolute Gasteiger partial charge is 0.387 e. The van der Waals surface area contributed by atoms with Crippen molar-refractivity contribution in [3.63, 3.8) is 0 Å². The first-order chi connectivity index (χ1) is 9.99. The van der Waals surface area contributed by atoms with Gasteiger partial charge >= 0.3 is 0 Å². The molecule has 0 fully saturated rings. The van der Waals surface area contributed by atoms with Crippen LogP contribution in [0.25, 0.3) is 0 Å². The van der Waals surface area contributed by atoms with Crippen LogP contribution in [0.3, 0.4) is 0 Å². The molecule has 0 aliphatic carbocycles. The minimum Gasteiger partial charge on any atom is -0.387 e. The van der Waals surface area contributed by atoms with Crippen LogP contribution >= 0.6 is 34.8 Å². The number of halogens is 3. The third-order valence-corrected chi connectivity index (χ3v) is 3.64. The van der Waals surface area contributed by atoms with E-state index in [0.717, 1.165) is 0 Å². The van der Waals surface area contributed by atoms with E-state index in [0.29, 0.717) is 15.6 Å². The Morgan fingerprint density at radius 3 is 2.71 bits per heavy atom. The van der Waals surface area contributed by atoms with Gasteiger partial charge in [0.25, 0.3) is 5.91 Å². The number of aliphatic hydroxyl groups is 1. The Bertz CT molecular complexity index is 664. The molecule has 2 rings (SSSR count). The Kier molecular flexibility index (Phi) is 5.42. The molecule has 0 saturated heterocycles. The second-order valence-corrected chi connectivity index (χ2v) is 5.44. The van der Waals surface area contributed by atoms with Crippen molar-refractivity contribution < 1.29 is 9.90 Å². The number of rotatable bonds is 4. The van der Waals surface area contributed by atoms with Crippen molar-refractivity contribution in [1.82, 2.24) is 10.3 Å². The molecule has 1 atom stereocenters. The van der Waals surface area contributed by atoms with Crippen LogP contribution in [0.5, 0.6) is 0 Å². The van der Waals surface area contributed by atoms with Crippen LogP contribution in [0.2, 0.25) is 15.2 Å². The Balaban J connectivity index is 2.02. The maximum Gasteiger partial charge on any atom is 0.254 e. The molecule has 0 aliphatic rings. The van der Waals surface area contributed by atoms with E-state index in [1.807, 2.05) is 0 Å². The molecule has 1 amide bonds. The van der Waals surface area contributed by atoms with E-state index in [4.69, 9.17) is 34.8 Å². The summed E-state index contributed by atoms with van der Waals surface area (Å²) in [5, 5.41) is 13.6. The van der Waals surface area contributed by atoms with Gasteiger partial charge in [0.1, 0.15) is 5.15 Å². The van der Waals surface area contributed by atoms with Gasteiger partial charge in [-0.2, -0.15) is 0 Å². The minimum absolute atomic E-state index is 0.00852. The highest BCUT2D eigenvalue weighted by Gasteiger charge is 2.15. The van der Waals surface area contributed by atoms with Crippen LogP contribution in [0.15, 0.2) is 36.5 Å². The van der Waals surface area contributed by atoms with Gasteiger partial charge in [0, 0.05) is 28.4 Å². The fourth-order valence-corrected chi connectivity index (χ4v) is 2.46. The highest BCUT2D eigenvalue weighted by Crippen LogP contribution is 2.26. The summed E-state index contributed by atoms with van der Waals surface area (Å²) in [5.41, 5.74) is 0.729. The highest BCUT2D eigenvalue weighted by molar-refractivity contribution is 6.35. The molecular weight excluding hydrogens is 335 g/mol. The summed E-state index contributed by atoms with van der Waals surface area (Å²) < 4.78 is 0. The van der Waals surface area contributed by atoms with Crippen molar-refractivity contribution in [2.75, 3.05) is 6.54 Å². The number of carbonyl (C=O) groups excluding carboxylic acids is 1. The Morgan fingerprint density at radius 2 is 2.05 bits per heavy atom. The lowest BCUT2D eigenvalue weighted by Gasteiger charge is -2.14. The SMILES string of the molecule is O=C(NCC(O)c1ccc(Cl)cc1Cl)c1cccnc1Cl. The van der Waals surface area contributed by atoms with Crippen molar-refractivity contribution >= 4 is 40.7 Å². The summed E-state index contributed by atoms with van der Waals surface area (Å²) in [6.45, 7) is -0.00852. The van der Waals surface area contributed by atoms with Gasteiger partial charge in [-0.05, 0) is 24.3 Å². The standard InChI is InChI=1S/C14H11Cl3N2O2/c15-8-3-4-9(11(16)6-8)12(20)7-19-14(21)10-2-1-5-18-13(10)17/h1-6,12,20H,7H2,(H,19,21). The Hall–Kier alpha value is -1.33. The van der Waals surface area contributed by atoms with Gasteiger partial charge in [-0.3, -0.25) is 4.79 Å². The first-order valence-corrected chi connectivity index (χ1v) is 7.14. The number of benzene rings is 1. The van der Waals surface area contributed by atoms with Gasteiger partial charge in [0.15, 0.2) is 0 Å². The zero-order valence-corrected chi connectivity index (χ0v) is 13.0. The van der Waals surface area contributed by atoms with Gasteiger partial charge in [-0.15, -0.1) is 0 Å². The first kappa shape index (κ1) is 16.0. The van der Waals surface area contributed by atoms with Gasteiger partial charge in [0.2, 0.25) is 0 Å². The number of hydrogen-bond acceptors (Lipinski definition) is 3. The van der Waals surface area contributed by atoms with E-state index in [-0.39, 0.29) is 17.3 Å². The predicted molar refractivity (Wildman–Crippen MR) is 83.0 cm³/mol. The number of aliphatic hydroxyl groups excluding tert-OH is 1. The van der Waals surface area contributed by atoms with Crippen molar-refractivity contribution in [1.29, 1.82) is 0 Å². The van der Waals surface area contributed by atoms with Crippen molar-refractivity contribution in [3.05, 3.63) is 62.9 Å². The molecular formula is C14H11Cl3N2O2. The number of nitrogens with one attached hydrogen (secondary N) is 1. The second kappa shape index (κ2) is 7.09. The Morgan fingerprint density at radius 1 is 1.29 bits per heavy atom. The fourth-order valence-electron chi connectivity index (χ4n) is 1.72. The maximum atomic E-state index is 11.9. The molecule has 1 heterocycles. The van der Waals surface area contributed by atoms with Gasteiger partial charge in [-0.25, -0.2) is 4.98 Å². The summed E-state index contributed by atoms with van der Waals surface area (Å²) in [4.78, 5) is 15.8. The molecule has 1 aromatic heterocycles. The third-order valence-electron chi connectivity index (χ3n) is 2.78.